The number of hydrogen-bond acceptors (Lipinski definition) is 3. The predicted octanol–water partition coefficient (Wildman–Crippen LogP) is 1.65. The number of halogens is 2. The van der Waals surface area contributed by atoms with E-state index >= 15 is 0 Å². The largest absolute Gasteiger partial charge is 0.366 e. The highest BCUT2D eigenvalue weighted by Crippen LogP contribution is 2.24. The molecule has 0 radical (unpaired) electrons. The van der Waals surface area contributed by atoms with E-state index in [9.17, 15) is 9.59 Å². The van der Waals surface area contributed by atoms with Gasteiger partial charge in [0.2, 0.25) is 11.8 Å². The number of fused-ring (bicyclic) bond motifs is 1. The molecular formula is C15H16Cl2N2O3. The van der Waals surface area contributed by atoms with Gasteiger partial charge in [0, 0.05) is 13.1 Å². The topological polar surface area (TPSA) is 58.6 Å². The summed E-state index contributed by atoms with van der Waals surface area (Å²) in [4.78, 5) is 25.6. The summed E-state index contributed by atoms with van der Waals surface area (Å²) in [5.41, 5.74) is 0.824. The van der Waals surface area contributed by atoms with Crippen molar-refractivity contribution in [3.63, 3.8) is 0 Å². The molecule has 1 aromatic rings. The van der Waals surface area contributed by atoms with E-state index in [1.165, 1.54) is 0 Å². The summed E-state index contributed by atoms with van der Waals surface area (Å²) in [5.74, 6) is -0.114. The summed E-state index contributed by atoms with van der Waals surface area (Å²) in [7, 11) is 0. The number of nitrogens with zero attached hydrogens (tertiary/aromatic N) is 1. The summed E-state index contributed by atoms with van der Waals surface area (Å²) >= 11 is 11.8. The van der Waals surface area contributed by atoms with Crippen LogP contribution >= 0.6 is 23.2 Å². The van der Waals surface area contributed by atoms with Crippen molar-refractivity contribution in [2.24, 2.45) is 0 Å². The van der Waals surface area contributed by atoms with Gasteiger partial charge in [-0.15, -0.1) is 0 Å². The van der Waals surface area contributed by atoms with Crippen molar-refractivity contribution in [1.82, 2.24) is 10.2 Å². The highest BCUT2D eigenvalue weighted by atomic mass is 35.5. The van der Waals surface area contributed by atoms with Gasteiger partial charge in [0.15, 0.2) is 0 Å². The predicted molar refractivity (Wildman–Crippen MR) is 83.0 cm³/mol. The fraction of sp³-hybridized carbons (Fsp3) is 0.467. The molecule has 1 aromatic carbocycles. The summed E-state index contributed by atoms with van der Waals surface area (Å²) in [5, 5.41) is 3.80. The maximum Gasteiger partial charge on any atom is 0.246 e. The summed E-state index contributed by atoms with van der Waals surface area (Å²) in [6.45, 7) is 1.23. The van der Waals surface area contributed by atoms with Gasteiger partial charge in [0.25, 0.3) is 0 Å². The van der Waals surface area contributed by atoms with Crippen molar-refractivity contribution in [2.45, 2.75) is 25.0 Å². The van der Waals surface area contributed by atoms with Crippen LogP contribution in [0.4, 0.5) is 0 Å². The van der Waals surface area contributed by atoms with Crippen LogP contribution in [0.15, 0.2) is 18.2 Å². The molecule has 2 heterocycles. The number of benzene rings is 1. The standard InChI is InChI=1S/C15H16Cl2N2O3/c16-10-2-1-9(5-11(10)17)6-15(21)19-4-3-13-12(7-19)18-14(20)8-22-13/h1-2,5,12-13H,3-4,6-8H2,(H,18,20)/t12-,13-/m0/s1. The lowest BCUT2D eigenvalue weighted by atomic mass is 9.99. The number of ether oxygens (including phenoxy) is 1. The fourth-order valence-corrected chi connectivity index (χ4v) is 3.18. The van der Waals surface area contributed by atoms with E-state index < -0.39 is 0 Å². The molecule has 0 aromatic heterocycles. The lowest BCUT2D eigenvalue weighted by Gasteiger charge is -2.41. The zero-order chi connectivity index (χ0) is 15.7. The van der Waals surface area contributed by atoms with Crippen LogP contribution in [-0.2, 0) is 20.7 Å². The molecular weight excluding hydrogens is 327 g/mol. The maximum atomic E-state index is 12.4. The molecule has 2 amide bonds. The van der Waals surface area contributed by atoms with Gasteiger partial charge in [0.1, 0.15) is 6.61 Å². The van der Waals surface area contributed by atoms with E-state index in [-0.39, 0.29) is 37.0 Å². The van der Waals surface area contributed by atoms with Crippen LogP contribution in [0.25, 0.3) is 0 Å². The lowest BCUT2D eigenvalue weighted by molar-refractivity contribution is -0.146. The second-order valence-corrected chi connectivity index (χ2v) is 6.39. The molecule has 2 aliphatic heterocycles. The summed E-state index contributed by atoms with van der Waals surface area (Å²) in [6.07, 6.45) is 1.01. The molecule has 0 saturated carbocycles. The third kappa shape index (κ3) is 3.37. The number of nitrogens with one attached hydrogen (secondary N) is 1. The smallest absolute Gasteiger partial charge is 0.246 e. The van der Waals surface area contributed by atoms with Crippen LogP contribution in [0.1, 0.15) is 12.0 Å². The average Bonchev–Trinajstić information content (AvgIpc) is 2.50. The SMILES string of the molecule is O=C1CO[C@H]2CCN(C(=O)Cc3ccc(Cl)c(Cl)c3)C[C@@H]2N1. The number of piperidine rings is 1. The first kappa shape index (κ1) is 15.6. The van der Waals surface area contributed by atoms with E-state index in [0.29, 0.717) is 23.1 Å². The maximum absolute atomic E-state index is 12.4. The molecule has 3 rings (SSSR count). The molecule has 2 aliphatic rings. The zero-order valence-electron chi connectivity index (χ0n) is 11.9. The van der Waals surface area contributed by atoms with Crippen LogP contribution in [0.2, 0.25) is 10.0 Å². The normalized spacial score (nSPS) is 24.6. The van der Waals surface area contributed by atoms with E-state index in [4.69, 9.17) is 27.9 Å². The van der Waals surface area contributed by atoms with Gasteiger partial charge in [-0.3, -0.25) is 9.59 Å². The van der Waals surface area contributed by atoms with Crippen LogP contribution < -0.4 is 5.32 Å². The molecule has 0 unspecified atom stereocenters. The van der Waals surface area contributed by atoms with Gasteiger partial charge in [-0.25, -0.2) is 0 Å². The Bertz CT molecular complexity index is 608. The van der Waals surface area contributed by atoms with Crippen LogP contribution in [-0.4, -0.2) is 48.6 Å². The molecule has 0 aliphatic carbocycles. The minimum Gasteiger partial charge on any atom is -0.366 e. The third-order valence-corrected chi connectivity index (χ3v) is 4.76. The Morgan fingerprint density at radius 3 is 2.95 bits per heavy atom. The van der Waals surface area contributed by atoms with Crippen molar-refractivity contribution >= 4 is 35.0 Å². The van der Waals surface area contributed by atoms with Gasteiger partial charge < -0.3 is 15.0 Å². The van der Waals surface area contributed by atoms with Gasteiger partial charge in [-0.05, 0) is 24.1 Å². The molecule has 2 atom stereocenters. The molecule has 2 saturated heterocycles. The number of amides is 2. The monoisotopic (exact) mass is 342 g/mol. The minimum atomic E-state index is -0.125. The Morgan fingerprint density at radius 2 is 2.18 bits per heavy atom. The highest BCUT2D eigenvalue weighted by Gasteiger charge is 2.36. The molecule has 7 heteroatoms. The van der Waals surface area contributed by atoms with Gasteiger partial charge in [0.05, 0.1) is 28.6 Å². The zero-order valence-corrected chi connectivity index (χ0v) is 13.4. The van der Waals surface area contributed by atoms with Crippen molar-refractivity contribution < 1.29 is 14.3 Å². The van der Waals surface area contributed by atoms with E-state index in [1.54, 1.807) is 23.1 Å². The quantitative estimate of drug-likeness (QED) is 0.888. The first-order valence-electron chi connectivity index (χ1n) is 7.15. The molecule has 0 spiro atoms. The Kier molecular flexibility index (Phi) is 4.57. The van der Waals surface area contributed by atoms with Crippen LogP contribution in [0.5, 0.6) is 0 Å². The Labute approximate surface area is 138 Å². The molecule has 22 heavy (non-hydrogen) atoms. The number of carbonyl (C=O) groups is 2. The van der Waals surface area contributed by atoms with Crippen LogP contribution in [0, 0.1) is 0 Å². The molecule has 1 N–H and O–H groups in total. The average molecular weight is 343 g/mol. The van der Waals surface area contributed by atoms with Crippen molar-refractivity contribution in [3.05, 3.63) is 33.8 Å². The number of hydrogen-bond donors (Lipinski definition) is 1. The third-order valence-electron chi connectivity index (χ3n) is 4.02. The number of likely N-dealkylation sites (tertiary alicyclic amines) is 1. The number of carbonyl (C=O) groups excluding carboxylic acids is 2. The van der Waals surface area contributed by atoms with Crippen molar-refractivity contribution in [3.8, 4) is 0 Å². The molecule has 2 fully saturated rings. The number of rotatable bonds is 2. The fourth-order valence-electron chi connectivity index (χ4n) is 2.86. The minimum absolute atomic E-state index is 0.00623. The van der Waals surface area contributed by atoms with Crippen molar-refractivity contribution in [1.29, 1.82) is 0 Å². The van der Waals surface area contributed by atoms with Gasteiger partial charge in [-0.2, -0.15) is 0 Å². The highest BCUT2D eigenvalue weighted by molar-refractivity contribution is 6.42. The van der Waals surface area contributed by atoms with Crippen molar-refractivity contribution in [2.75, 3.05) is 19.7 Å². The Balaban J connectivity index is 1.62. The summed E-state index contributed by atoms with van der Waals surface area (Å²) in [6, 6.07) is 5.07. The van der Waals surface area contributed by atoms with Gasteiger partial charge in [-0.1, -0.05) is 29.3 Å². The van der Waals surface area contributed by atoms with Gasteiger partial charge >= 0.3 is 0 Å². The second-order valence-electron chi connectivity index (χ2n) is 5.58. The first-order valence-corrected chi connectivity index (χ1v) is 7.91. The number of morpholine rings is 1. The first-order chi connectivity index (χ1) is 10.5. The molecule has 118 valence electrons. The molecule has 5 nitrogen and oxygen atoms in total. The summed E-state index contributed by atoms with van der Waals surface area (Å²) < 4.78 is 5.49. The Hall–Kier alpha value is -1.30. The second kappa shape index (κ2) is 6.44. The molecule has 0 bridgehead atoms. The lowest BCUT2D eigenvalue weighted by Crippen LogP contribution is -2.61. The Morgan fingerprint density at radius 1 is 1.36 bits per heavy atom. The van der Waals surface area contributed by atoms with E-state index in [2.05, 4.69) is 5.32 Å². The van der Waals surface area contributed by atoms with E-state index in [1.807, 2.05) is 0 Å². The van der Waals surface area contributed by atoms with Crippen LogP contribution in [0.3, 0.4) is 0 Å². The van der Waals surface area contributed by atoms with E-state index in [0.717, 1.165) is 12.0 Å².